The predicted molar refractivity (Wildman–Crippen MR) is 65.8 cm³/mol. The van der Waals surface area contributed by atoms with E-state index in [0.717, 1.165) is 6.42 Å². The highest BCUT2D eigenvalue weighted by atomic mass is 14.7. The maximum absolute atomic E-state index is 4.05. The second kappa shape index (κ2) is 3.89. The van der Waals surface area contributed by atoms with Gasteiger partial charge in [-0.05, 0) is 38.6 Å². The lowest BCUT2D eigenvalue weighted by atomic mass is 10.0. The van der Waals surface area contributed by atoms with Gasteiger partial charge in [0.25, 0.3) is 0 Å². The summed E-state index contributed by atoms with van der Waals surface area (Å²) in [5.41, 5.74) is 3.82. The van der Waals surface area contributed by atoms with E-state index in [2.05, 4.69) is 54.8 Å². The normalized spacial score (nSPS) is 12.9. The molecule has 0 spiro atoms. The van der Waals surface area contributed by atoms with E-state index in [1.54, 1.807) is 0 Å². The molecule has 0 aliphatic carbocycles. The van der Waals surface area contributed by atoms with Gasteiger partial charge in [-0.2, -0.15) is 0 Å². The van der Waals surface area contributed by atoms with E-state index in [-0.39, 0.29) is 6.04 Å². The smallest absolute Gasteiger partial charge is 0.0505 e. The number of aromatic amines is 1. The lowest BCUT2D eigenvalue weighted by molar-refractivity contribution is 0.746. The fourth-order valence-electron chi connectivity index (χ4n) is 1.96. The van der Waals surface area contributed by atoms with Crippen LogP contribution in [-0.2, 0) is 6.42 Å². The molecular formula is C13H16N2. The second-order valence-corrected chi connectivity index (χ2v) is 4.01. The van der Waals surface area contributed by atoms with Crippen LogP contribution >= 0.6 is 0 Å². The number of nitrogens with one attached hydrogen (secondary N) is 1. The highest BCUT2D eigenvalue weighted by Crippen LogP contribution is 2.23. The fourth-order valence-corrected chi connectivity index (χ4v) is 1.96. The summed E-state index contributed by atoms with van der Waals surface area (Å²) < 4.78 is 0. The van der Waals surface area contributed by atoms with E-state index in [4.69, 9.17) is 0 Å². The van der Waals surface area contributed by atoms with Crippen molar-refractivity contribution in [3.63, 3.8) is 0 Å². The first-order chi connectivity index (χ1) is 7.22. The molecule has 0 fully saturated rings. The number of aryl methyl sites for hydroxylation is 1. The third kappa shape index (κ3) is 1.80. The first kappa shape index (κ1) is 9.97. The van der Waals surface area contributed by atoms with Crippen molar-refractivity contribution in [3.05, 3.63) is 35.5 Å². The summed E-state index contributed by atoms with van der Waals surface area (Å²) in [5.74, 6) is 0. The van der Waals surface area contributed by atoms with E-state index in [1.165, 1.54) is 22.2 Å². The van der Waals surface area contributed by atoms with Crippen LogP contribution in [0, 0.1) is 6.92 Å². The zero-order chi connectivity index (χ0) is 10.8. The highest BCUT2D eigenvalue weighted by Gasteiger charge is 2.09. The first-order valence-electron chi connectivity index (χ1n) is 5.24. The molecule has 2 aromatic rings. The summed E-state index contributed by atoms with van der Waals surface area (Å²) in [6.45, 7) is 7.80. The lowest BCUT2D eigenvalue weighted by Crippen LogP contribution is -2.02. The zero-order valence-electron chi connectivity index (χ0n) is 9.25. The molecule has 2 rings (SSSR count). The Bertz CT molecular complexity index is 482. The van der Waals surface area contributed by atoms with Gasteiger partial charge in [0.2, 0.25) is 0 Å². The molecule has 1 unspecified atom stereocenters. The summed E-state index contributed by atoms with van der Waals surface area (Å²) in [6.07, 6.45) is 0.958. The molecule has 0 bridgehead atoms. The average molecular weight is 200 g/mol. The molecule has 0 radical (unpaired) electrons. The molecule has 0 amide bonds. The number of para-hydroxylation sites is 1. The van der Waals surface area contributed by atoms with Gasteiger partial charge in [-0.1, -0.05) is 18.2 Å². The molecule has 0 saturated carbocycles. The van der Waals surface area contributed by atoms with E-state index in [1.807, 2.05) is 0 Å². The van der Waals surface area contributed by atoms with Crippen LogP contribution in [0.2, 0.25) is 0 Å². The van der Waals surface area contributed by atoms with Gasteiger partial charge in [-0.25, -0.2) is 0 Å². The Morgan fingerprint density at radius 1 is 1.40 bits per heavy atom. The van der Waals surface area contributed by atoms with Crippen LogP contribution in [0.5, 0.6) is 0 Å². The molecule has 15 heavy (non-hydrogen) atoms. The molecule has 78 valence electrons. The van der Waals surface area contributed by atoms with Crippen LogP contribution in [-0.4, -0.2) is 17.7 Å². The maximum atomic E-state index is 4.05. The lowest BCUT2D eigenvalue weighted by Gasteiger charge is -2.05. The summed E-state index contributed by atoms with van der Waals surface area (Å²) >= 11 is 0. The minimum absolute atomic E-state index is 0.280. The van der Waals surface area contributed by atoms with Crippen molar-refractivity contribution in [1.29, 1.82) is 0 Å². The molecule has 1 aromatic carbocycles. The highest BCUT2D eigenvalue weighted by molar-refractivity contribution is 5.84. The molecule has 0 aliphatic heterocycles. The van der Waals surface area contributed by atoms with Crippen LogP contribution in [0.1, 0.15) is 18.2 Å². The van der Waals surface area contributed by atoms with Crippen LogP contribution in [0.4, 0.5) is 0 Å². The molecule has 0 aliphatic rings. The summed E-state index contributed by atoms with van der Waals surface area (Å²) in [7, 11) is 0. The maximum Gasteiger partial charge on any atom is 0.0505 e. The number of aromatic nitrogens is 1. The number of hydrogen-bond acceptors (Lipinski definition) is 1. The molecule has 1 N–H and O–H groups in total. The Morgan fingerprint density at radius 2 is 2.13 bits per heavy atom. The SMILES string of the molecule is C=NC(C)Cc1c(C)[nH]c2ccccc12. The van der Waals surface area contributed by atoms with Gasteiger partial charge in [0.05, 0.1) is 6.04 Å². The number of fused-ring (bicyclic) bond motifs is 1. The van der Waals surface area contributed by atoms with Crippen molar-refractivity contribution < 1.29 is 0 Å². The molecular weight excluding hydrogens is 184 g/mol. The van der Waals surface area contributed by atoms with Crippen molar-refractivity contribution in [3.8, 4) is 0 Å². The number of nitrogens with zero attached hydrogens (tertiary/aromatic N) is 1. The van der Waals surface area contributed by atoms with E-state index in [0.29, 0.717) is 0 Å². The fraction of sp³-hybridized carbons (Fsp3) is 0.308. The van der Waals surface area contributed by atoms with E-state index in [9.17, 15) is 0 Å². The number of hydrogen-bond donors (Lipinski definition) is 1. The average Bonchev–Trinajstić information content (AvgIpc) is 2.55. The first-order valence-corrected chi connectivity index (χ1v) is 5.24. The van der Waals surface area contributed by atoms with Gasteiger partial charge in [0.1, 0.15) is 0 Å². The van der Waals surface area contributed by atoms with Crippen LogP contribution < -0.4 is 0 Å². The summed E-state index contributed by atoms with van der Waals surface area (Å²) in [4.78, 5) is 7.44. The second-order valence-electron chi connectivity index (χ2n) is 4.01. The van der Waals surface area contributed by atoms with E-state index >= 15 is 0 Å². The van der Waals surface area contributed by atoms with Gasteiger partial charge >= 0.3 is 0 Å². The van der Waals surface area contributed by atoms with Crippen molar-refractivity contribution in [2.45, 2.75) is 26.3 Å². The van der Waals surface area contributed by atoms with Gasteiger partial charge in [-0.15, -0.1) is 0 Å². The third-order valence-corrected chi connectivity index (χ3v) is 2.84. The Balaban J connectivity index is 2.49. The van der Waals surface area contributed by atoms with Crippen LogP contribution in [0.3, 0.4) is 0 Å². The summed E-state index contributed by atoms with van der Waals surface area (Å²) in [6, 6.07) is 8.67. The number of H-pyrrole nitrogens is 1. The van der Waals surface area contributed by atoms with Gasteiger partial charge in [0.15, 0.2) is 0 Å². The minimum atomic E-state index is 0.280. The van der Waals surface area contributed by atoms with Gasteiger partial charge < -0.3 is 4.98 Å². The van der Waals surface area contributed by atoms with Crippen molar-refractivity contribution in [2.75, 3.05) is 0 Å². The number of benzene rings is 1. The molecule has 2 nitrogen and oxygen atoms in total. The summed E-state index contributed by atoms with van der Waals surface area (Å²) in [5, 5.41) is 1.31. The molecule has 1 aromatic heterocycles. The predicted octanol–water partition coefficient (Wildman–Crippen LogP) is 3.11. The van der Waals surface area contributed by atoms with Gasteiger partial charge in [0, 0.05) is 16.6 Å². The molecule has 1 atom stereocenters. The zero-order valence-corrected chi connectivity index (χ0v) is 9.25. The molecule has 1 heterocycles. The Morgan fingerprint density at radius 3 is 2.87 bits per heavy atom. The number of aliphatic imine (C=N–C) groups is 1. The Kier molecular flexibility index (Phi) is 2.58. The monoisotopic (exact) mass is 200 g/mol. The Hall–Kier alpha value is -1.57. The quantitative estimate of drug-likeness (QED) is 0.737. The topological polar surface area (TPSA) is 28.1 Å². The number of rotatable bonds is 3. The molecule has 0 saturated heterocycles. The largest absolute Gasteiger partial charge is 0.358 e. The Labute approximate surface area is 90.0 Å². The van der Waals surface area contributed by atoms with Gasteiger partial charge in [-0.3, -0.25) is 4.99 Å². The van der Waals surface area contributed by atoms with Crippen molar-refractivity contribution in [1.82, 2.24) is 4.98 Å². The molecule has 2 heteroatoms. The third-order valence-electron chi connectivity index (χ3n) is 2.84. The van der Waals surface area contributed by atoms with Crippen molar-refractivity contribution >= 4 is 17.6 Å². The minimum Gasteiger partial charge on any atom is -0.358 e. The standard InChI is InChI=1S/C13H16N2/c1-9(14-3)8-12-10(2)15-13-7-5-4-6-11(12)13/h4-7,9,15H,3,8H2,1-2H3. The van der Waals surface area contributed by atoms with Crippen LogP contribution in [0.25, 0.3) is 10.9 Å². The van der Waals surface area contributed by atoms with Crippen LogP contribution in [0.15, 0.2) is 29.3 Å². The van der Waals surface area contributed by atoms with Crippen molar-refractivity contribution in [2.24, 2.45) is 4.99 Å². The van der Waals surface area contributed by atoms with E-state index < -0.39 is 0 Å².